The second kappa shape index (κ2) is 7.48. The molecule has 0 radical (unpaired) electrons. The van der Waals surface area contributed by atoms with E-state index < -0.39 is 58.5 Å². The highest BCUT2D eigenvalue weighted by molar-refractivity contribution is 6.05. The number of carbonyl (C=O) groups excluding carboxylic acids is 2. The van der Waals surface area contributed by atoms with Crippen LogP contribution in [0.25, 0.3) is 0 Å². The van der Waals surface area contributed by atoms with Crippen molar-refractivity contribution in [1.29, 1.82) is 5.41 Å². The Morgan fingerprint density at radius 2 is 1.83 bits per heavy atom. The molecule has 2 rings (SSSR count). The molecule has 0 aromatic rings. The molecule has 2 amide bonds. The van der Waals surface area contributed by atoms with Gasteiger partial charge in [-0.1, -0.05) is 0 Å². The SMILES string of the molecule is CC(C)(C)OC(=O)N1CCC(C(=N)C2=C(N)NC(=O)[C@H](O)C2(O)C(F)(F)F)CC1. The molecule has 0 spiro atoms. The number of rotatable bonds is 2. The molecule has 0 aromatic heterocycles. The van der Waals surface area contributed by atoms with Gasteiger partial charge in [0.2, 0.25) is 5.60 Å². The van der Waals surface area contributed by atoms with E-state index in [4.69, 9.17) is 15.9 Å². The number of aliphatic hydroxyl groups excluding tert-OH is 1. The van der Waals surface area contributed by atoms with E-state index in [-0.39, 0.29) is 25.9 Å². The average Bonchev–Trinajstić information content (AvgIpc) is 2.57. The van der Waals surface area contributed by atoms with Crippen molar-refractivity contribution in [3.05, 3.63) is 11.4 Å². The predicted octanol–water partition coefficient (Wildman–Crippen LogP) is 0.608. The van der Waals surface area contributed by atoms with E-state index in [1.807, 2.05) is 5.32 Å². The van der Waals surface area contributed by atoms with Crippen molar-refractivity contribution in [2.24, 2.45) is 11.7 Å². The minimum Gasteiger partial charge on any atom is -0.444 e. The zero-order valence-electron chi connectivity index (χ0n) is 16.3. The normalized spacial score (nSPS) is 27.0. The number of hydrogen-bond acceptors (Lipinski definition) is 7. The first-order valence-corrected chi connectivity index (χ1v) is 8.94. The molecule has 164 valence electrons. The number of alkyl halides is 3. The molecule has 0 aromatic carbocycles. The van der Waals surface area contributed by atoms with Crippen LogP contribution in [-0.4, -0.2) is 69.4 Å². The molecular formula is C17H25F3N4O5. The van der Waals surface area contributed by atoms with Crippen molar-refractivity contribution < 1.29 is 37.7 Å². The van der Waals surface area contributed by atoms with E-state index in [2.05, 4.69) is 0 Å². The Labute approximate surface area is 165 Å². The summed E-state index contributed by atoms with van der Waals surface area (Å²) in [6, 6.07) is 0. The molecule has 2 heterocycles. The standard InChI is InChI=1S/C17H25F3N4O5/c1-15(2,3)29-14(27)24-6-4-8(5-7-24)10(21)9-12(22)23-13(26)11(25)16(9,28)17(18,19)20/h8,11,21,25,28H,4-7,22H2,1-3H3,(H,23,26)/t11-,16?/m0/s1. The molecule has 0 saturated carbocycles. The zero-order valence-corrected chi connectivity index (χ0v) is 16.3. The number of halogens is 3. The van der Waals surface area contributed by atoms with Crippen LogP contribution in [0.4, 0.5) is 18.0 Å². The summed E-state index contributed by atoms with van der Waals surface area (Å²) in [5, 5.41) is 30.1. The summed E-state index contributed by atoms with van der Waals surface area (Å²) >= 11 is 0. The Kier molecular flexibility index (Phi) is 5.92. The van der Waals surface area contributed by atoms with Crippen molar-refractivity contribution >= 4 is 17.7 Å². The molecular weight excluding hydrogens is 397 g/mol. The average molecular weight is 422 g/mol. The molecule has 29 heavy (non-hydrogen) atoms. The highest BCUT2D eigenvalue weighted by atomic mass is 19.4. The summed E-state index contributed by atoms with van der Waals surface area (Å²) in [5.74, 6) is -3.13. The van der Waals surface area contributed by atoms with Gasteiger partial charge in [-0.25, -0.2) is 4.79 Å². The molecule has 2 atom stereocenters. The Balaban J connectivity index is 2.22. The van der Waals surface area contributed by atoms with E-state index in [9.17, 15) is 33.0 Å². The number of ether oxygens (including phenoxy) is 1. The number of aliphatic hydroxyl groups is 2. The van der Waals surface area contributed by atoms with Crippen LogP contribution < -0.4 is 11.1 Å². The molecule has 1 fully saturated rings. The summed E-state index contributed by atoms with van der Waals surface area (Å²) < 4.78 is 46.0. The van der Waals surface area contributed by atoms with Gasteiger partial charge in [0.25, 0.3) is 5.91 Å². The van der Waals surface area contributed by atoms with Gasteiger partial charge in [0.15, 0.2) is 6.10 Å². The molecule has 12 heteroatoms. The lowest BCUT2D eigenvalue weighted by Gasteiger charge is -2.42. The van der Waals surface area contributed by atoms with Crippen LogP contribution >= 0.6 is 0 Å². The lowest BCUT2D eigenvalue weighted by atomic mass is 9.76. The molecule has 6 N–H and O–H groups in total. The van der Waals surface area contributed by atoms with Gasteiger partial charge in [-0.15, -0.1) is 0 Å². The maximum absolute atomic E-state index is 13.6. The topological polar surface area (TPSA) is 149 Å². The lowest BCUT2D eigenvalue weighted by molar-refractivity contribution is -0.270. The van der Waals surface area contributed by atoms with Crippen LogP contribution in [0.1, 0.15) is 33.6 Å². The van der Waals surface area contributed by atoms with Crippen molar-refractivity contribution in [2.75, 3.05) is 13.1 Å². The van der Waals surface area contributed by atoms with Crippen molar-refractivity contribution in [1.82, 2.24) is 10.2 Å². The van der Waals surface area contributed by atoms with Crippen LogP contribution in [0.15, 0.2) is 11.4 Å². The van der Waals surface area contributed by atoms with E-state index in [0.29, 0.717) is 0 Å². The van der Waals surface area contributed by atoms with Gasteiger partial charge in [0.1, 0.15) is 11.4 Å². The highest BCUT2D eigenvalue weighted by Gasteiger charge is 2.66. The number of carbonyl (C=O) groups is 2. The molecule has 0 aliphatic carbocycles. The largest absolute Gasteiger partial charge is 0.444 e. The van der Waals surface area contributed by atoms with E-state index in [1.165, 1.54) is 4.90 Å². The first-order valence-electron chi connectivity index (χ1n) is 8.94. The fourth-order valence-corrected chi connectivity index (χ4v) is 3.32. The van der Waals surface area contributed by atoms with Crippen molar-refractivity contribution in [3.8, 4) is 0 Å². The monoisotopic (exact) mass is 422 g/mol. The quantitative estimate of drug-likeness (QED) is 0.412. The third-order valence-electron chi connectivity index (χ3n) is 4.81. The van der Waals surface area contributed by atoms with E-state index in [1.54, 1.807) is 20.8 Å². The van der Waals surface area contributed by atoms with Gasteiger partial charge >= 0.3 is 12.3 Å². The van der Waals surface area contributed by atoms with Crippen LogP contribution in [0.2, 0.25) is 0 Å². The Morgan fingerprint density at radius 1 is 1.31 bits per heavy atom. The van der Waals surface area contributed by atoms with E-state index in [0.717, 1.165) is 0 Å². The first kappa shape index (κ1) is 22.9. The number of hydrogen-bond donors (Lipinski definition) is 5. The third-order valence-corrected chi connectivity index (χ3v) is 4.81. The van der Waals surface area contributed by atoms with Crippen LogP contribution in [0, 0.1) is 11.3 Å². The van der Waals surface area contributed by atoms with Gasteiger partial charge in [0.05, 0.1) is 5.57 Å². The Hall–Kier alpha value is -2.34. The summed E-state index contributed by atoms with van der Waals surface area (Å²) in [6.07, 6.45) is -8.66. The predicted molar refractivity (Wildman–Crippen MR) is 94.6 cm³/mol. The van der Waals surface area contributed by atoms with Gasteiger partial charge in [-0.05, 0) is 33.6 Å². The molecule has 2 aliphatic heterocycles. The number of amides is 2. The Bertz CT molecular complexity index is 738. The van der Waals surface area contributed by atoms with Gasteiger partial charge in [0, 0.05) is 24.7 Å². The molecule has 2 aliphatic rings. The maximum atomic E-state index is 13.6. The number of piperidine rings is 1. The van der Waals surface area contributed by atoms with E-state index >= 15 is 0 Å². The number of nitrogens with two attached hydrogens (primary N) is 1. The molecule has 1 saturated heterocycles. The van der Waals surface area contributed by atoms with Crippen LogP contribution in [-0.2, 0) is 9.53 Å². The molecule has 0 bridgehead atoms. The number of nitrogens with zero attached hydrogens (tertiary/aromatic N) is 1. The highest BCUT2D eigenvalue weighted by Crippen LogP contribution is 2.43. The Morgan fingerprint density at radius 3 is 2.28 bits per heavy atom. The molecule has 9 nitrogen and oxygen atoms in total. The smallest absolute Gasteiger partial charge is 0.424 e. The molecule has 1 unspecified atom stereocenters. The van der Waals surface area contributed by atoms with Gasteiger partial charge in [-0.2, -0.15) is 13.2 Å². The van der Waals surface area contributed by atoms with Crippen molar-refractivity contribution in [2.45, 2.75) is 57.1 Å². The lowest BCUT2D eigenvalue weighted by Crippen LogP contribution is -2.67. The van der Waals surface area contributed by atoms with Crippen LogP contribution in [0.3, 0.4) is 0 Å². The van der Waals surface area contributed by atoms with Gasteiger partial charge in [-0.3, -0.25) is 4.79 Å². The first-order chi connectivity index (χ1) is 13.1. The minimum absolute atomic E-state index is 0.118. The summed E-state index contributed by atoms with van der Waals surface area (Å²) in [4.78, 5) is 25.1. The second-order valence-corrected chi connectivity index (χ2v) is 8.10. The maximum Gasteiger partial charge on any atom is 0.424 e. The van der Waals surface area contributed by atoms with Gasteiger partial charge < -0.3 is 36.3 Å². The van der Waals surface area contributed by atoms with Crippen molar-refractivity contribution in [3.63, 3.8) is 0 Å². The summed E-state index contributed by atoms with van der Waals surface area (Å²) in [6.45, 7) is 5.33. The fraction of sp³-hybridized carbons (Fsp3) is 0.706. The number of nitrogens with one attached hydrogen (secondary N) is 2. The van der Waals surface area contributed by atoms with Crippen LogP contribution in [0.5, 0.6) is 0 Å². The zero-order chi connectivity index (χ0) is 22.4. The third kappa shape index (κ3) is 4.32. The summed E-state index contributed by atoms with van der Waals surface area (Å²) in [5.41, 5.74) is -0.926. The number of likely N-dealkylation sites (tertiary alicyclic amines) is 1. The second-order valence-electron chi connectivity index (χ2n) is 8.10. The fourth-order valence-electron chi connectivity index (χ4n) is 3.32. The summed E-state index contributed by atoms with van der Waals surface area (Å²) in [7, 11) is 0. The minimum atomic E-state index is -5.45.